The monoisotopic (exact) mass is 402 g/mol. The number of rotatable bonds is 7. The lowest BCUT2D eigenvalue weighted by Gasteiger charge is -2.20. The number of sulfonamides is 1. The maximum absolute atomic E-state index is 12.9. The second kappa shape index (κ2) is 9.71. The first-order valence-corrected chi connectivity index (χ1v) is 11.1. The number of nitrogens with one attached hydrogen (secondary N) is 1. The van der Waals surface area contributed by atoms with Gasteiger partial charge in [-0.2, -0.15) is 4.31 Å². The summed E-state index contributed by atoms with van der Waals surface area (Å²) in [5, 5.41) is 2.77. The number of hydrogen-bond acceptors (Lipinski definition) is 4. The first-order chi connectivity index (χ1) is 13.6. The van der Waals surface area contributed by atoms with Crippen molar-refractivity contribution in [3.8, 4) is 5.75 Å². The lowest BCUT2D eigenvalue weighted by Crippen LogP contribution is -2.32. The van der Waals surface area contributed by atoms with Crippen LogP contribution in [0.25, 0.3) is 0 Å². The van der Waals surface area contributed by atoms with Crippen molar-refractivity contribution in [1.29, 1.82) is 0 Å². The lowest BCUT2D eigenvalue weighted by molar-refractivity contribution is 0.0947. The van der Waals surface area contributed by atoms with Crippen molar-refractivity contribution >= 4 is 15.9 Å². The summed E-state index contributed by atoms with van der Waals surface area (Å²) in [7, 11) is -3.57. The first-order valence-electron chi connectivity index (χ1n) is 9.64. The molecule has 0 bridgehead atoms. The molecule has 0 unspecified atom stereocenters. The van der Waals surface area contributed by atoms with Gasteiger partial charge in [0.2, 0.25) is 10.0 Å². The molecule has 0 aromatic heterocycles. The second-order valence-corrected chi connectivity index (χ2v) is 8.70. The summed E-state index contributed by atoms with van der Waals surface area (Å²) in [6.45, 7) is 1.74. The van der Waals surface area contributed by atoms with Crippen LogP contribution in [0.5, 0.6) is 5.75 Å². The van der Waals surface area contributed by atoms with Crippen LogP contribution in [0.4, 0.5) is 0 Å². The van der Waals surface area contributed by atoms with Crippen LogP contribution in [0.2, 0.25) is 0 Å². The first kappa shape index (κ1) is 20.4. The van der Waals surface area contributed by atoms with Gasteiger partial charge in [0.05, 0.1) is 11.4 Å². The van der Waals surface area contributed by atoms with Gasteiger partial charge in [-0.25, -0.2) is 8.42 Å². The number of carbonyl (C=O) groups excluding carboxylic acids is 1. The molecule has 1 aliphatic heterocycles. The Morgan fingerprint density at radius 1 is 0.964 bits per heavy atom. The van der Waals surface area contributed by atoms with Gasteiger partial charge < -0.3 is 10.1 Å². The molecule has 2 aromatic carbocycles. The van der Waals surface area contributed by atoms with E-state index in [0.717, 1.165) is 31.4 Å². The highest BCUT2D eigenvalue weighted by Crippen LogP contribution is 2.21. The smallest absolute Gasteiger partial charge is 0.251 e. The number of ether oxygens (including phenoxy) is 1. The van der Waals surface area contributed by atoms with Crippen LogP contribution in [0.3, 0.4) is 0 Å². The van der Waals surface area contributed by atoms with Gasteiger partial charge in [-0.1, -0.05) is 37.1 Å². The molecular weight excluding hydrogens is 376 g/mol. The van der Waals surface area contributed by atoms with Crippen molar-refractivity contribution in [3.05, 3.63) is 60.2 Å². The molecule has 3 rings (SSSR count). The molecule has 2 aromatic rings. The normalized spacial score (nSPS) is 15.6. The van der Waals surface area contributed by atoms with Crippen molar-refractivity contribution < 1.29 is 17.9 Å². The van der Waals surface area contributed by atoms with Crippen LogP contribution in [-0.4, -0.2) is 44.9 Å². The van der Waals surface area contributed by atoms with Crippen LogP contribution in [-0.2, 0) is 10.0 Å². The molecule has 28 heavy (non-hydrogen) atoms. The van der Waals surface area contributed by atoms with E-state index in [2.05, 4.69) is 5.32 Å². The number of nitrogens with zero attached hydrogens (tertiary/aromatic N) is 1. The van der Waals surface area contributed by atoms with Crippen LogP contribution in [0.1, 0.15) is 36.0 Å². The maximum Gasteiger partial charge on any atom is 0.251 e. The molecule has 1 heterocycles. The number of hydrogen-bond donors (Lipinski definition) is 1. The molecule has 0 aliphatic carbocycles. The van der Waals surface area contributed by atoms with Crippen LogP contribution >= 0.6 is 0 Å². The van der Waals surface area contributed by atoms with E-state index in [0.29, 0.717) is 31.8 Å². The summed E-state index contributed by atoms with van der Waals surface area (Å²) in [5.74, 6) is 0.423. The molecule has 6 nitrogen and oxygen atoms in total. The standard InChI is InChI=1S/C21H26N2O4S/c24-21(22-13-16-27-19-10-4-3-5-11-19)18-9-8-12-20(17-18)28(25,26)23-14-6-1-2-7-15-23/h3-5,8-12,17H,1-2,6-7,13-16H2,(H,22,24). The van der Waals surface area contributed by atoms with Gasteiger partial charge in [0, 0.05) is 18.7 Å². The van der Waals surface area contributed by atoms with E-state index < -0.39 is 10.0 Å². The van der Waals surface area contributed by atoms with Gasteiger partial charge in [0.15, 0.2) is 0 Å². The Hall–Kier alpha value is -2.38. The van der Waals surface area contributed by atoms with Crippen molar-refractivity contribution in [2.75, 3.05) is 26.2 Å². The molecule has 150 valence electrons. The molecule has 0 radical (unpaired) electrons. The Kier molecular flexibility index (Phi) is 7.06. The average Bonchev–Trinajstić information content (AvgIpc) is 3.02. The summed E-state index contributed by atoms with van der Waals surface area (Å²) in [6, 6.07) is 15.6. The minimum atomic E-state index is -3.57. The Morgan fingerprint density at radius 2 is 1.68 bits per heavy atom. The summed E-state index contributed by atoms with van der Waals surface area (Å²) in [5.41, 5.74) is 0.329. The van der Waals surface area contributed by atoms with Gasteiger partial charge in [0.25, 0.3) is 5.91 Å². The highest BCUT2D eigenvalue weighted by atomic mass is 32.2. The van der Waals surface area contributed by atoms with E-state index in [-0.39, 0.29) is 10.8 Å². The second-order valence-electron chi connectivity index (χ2n) is 6.76. The number of para-hydroxylation sites is 1. The topological polar surface area (TPSA) is 75.7 Å². The molecule has 0 spiro atoms. The lowest BCUT2D eigenvalue weighted by atomic mass is 10.2. The zero-order chi connectivity index (χ0) is 19.8. The Labute approximate surface area is 166 Å². The van der Waals surface area contributed by atoms with Gasteiger partial charge >= 0.3 is 0 Å². The summed E-state index contributed by atoms with van der Waals surface area (Å²) >= 11 is 0. The van der Waals surface area contributed by atoms with Gasteiger partial charge in [-0.15, -0.1) is 0 Å². The average molecular weight is 403 g/mol. The van der Waals surface area contributed by atoms with E-state index in [9.17, 15) is 13.2 Å². The molecule has 1 amide bonds. The highest BCUT2D eigenvalue weighted by Gasteiger charge is 2.25. The number of benzene rings is 2. The third-order valence-corrected chi connectivity index (χ3v) is 6.59. The van der Waals surface area contributed by atoms with E-state index in [4.69, 9.17) is 4.74 Å². The van der Waals surface area contributed by atoms with Crippen LogP contribution in [0.15, 0.2) is 59.5 Å². The van der Waals surface area contributed by atoms with Crippen LogP contribution in [0, 0.1) is 0 Å². The summed E-state index contributed by atoms with van der Waals surface area (Å²) < 4.78 is 32.9. The largest absolute Gasteiger partial charge is 0.492 e. The van der Waals surface area contributed by atoms with Gasteiger partial charge in [0.1, 0.15) is 12.4 Å². The highest BCUT2D eigenvalue weighted by molar-refractivity contribution is 7.89. The molecule has 1 N–H and O–H groups in total. The van der Waals surface area contributed by atoms with E-state index in [1.807, 2.05) is 30.3 Å². The fourth-order valence-electron chi connectivity index (χ4n) is 3.18. The predicted molar refractivity (Wildman–Crippen MR) is 108 cm³/mol. The van der Waals surface area contributed by atoms with E-state index in [1.54, 1.807) is 18.2 Å². The van der Waals surface area contributed by atoms with Crippen molar-refractivity contribution in [2.45, 2.75) is 30.6 Å². The van der Waals surface area contributed by atoms with E-state index in [1.165, 1.54) is 10.4 Å². The fourth-order valence-corrected chi connectivity index (χ4v) is 4.74. The van der Waals surface area contributed by atoms with Gasteiger partial charge in [-0.3, -0.25) is 4.79 Å². The molecule has 1 fully saturated rings. The predicted octanol–water partition coefficient (Wildman–Crippen LogP) is 3.06. The Morgan fingerprint density at radius 3 is 2.39 bits per heavy atom. The quantitative estimate of drug-likeness (QED) is 0.722. The minimum Gasteiger partial charge on any atom is -0.492 e. The van der Waals surface area contributed by atoms with Crippen molar-refractivity contribution in [2.24, 2.45) is 0 Å². The number of amides is 1. The van der Waals surface area contributed by atoms with Crippen molar-refractivity contribution in [1.82, 2.24) is 9.62 Å². The fraction of sp³-hybridized carbons (Fsp3) is 0.381. The Bertz CT molecular complexity index is 876. The zero-order valence-corrected chi connectivity index (χ0v) is 16.7. The van der Waals surface area contributed by atoms with E-state index >= 15 is 0 Å². The third kappa shape index (κ3) is 5.33. The SMILES string of the molecule is O=C(NCCOc1ccccc1)c1cccc(S(=O)(=O)N2CCCCCC2)c1. The van der Waals surface area contributed by atoms with Crippen molar-refractivity contribution in [3.63, 3.8) is 0 Å². The maximum atomic E-state index is 12.9. The summed E-state index contributed by atoms with van der Waals surface area (Å²) in [4.78, 5) is 12.6. The molecule has 1 saturated heterocycles. The minimum absolute atomic E-state index is 0.169. The third-order valence-electron chi connectivity index (χ3n) is 4.70. The van der Waals surface area contributed by atoms with Crippen LogP contribution < -0.4 is 10.1 Å². The number of carbonyl (C=O) groups is 1. The zero-order valence-electron chi connectivity index (χ0n) is 15.8. The Balaban J connectivity index is 1.59. The molecule has 0 saturated carbocycles. The molecular formula is C21H26N2O4S. The van der Waals surface area contributed by atoms with Gasteiger partial charge in [-0.05, 0) is 43.2 Å². The molecule has 1 aliphatic rings. The summed E-state index contributed by atoms with van der Waals surface area (Å²) in [6.07, 6.45) is 3.86. The molecule has 0 atom stereocenters. The molecule has 7 heteroatoms.